The van der Waals surface area contributed by atoms with Gasteiger partial charge in [-0.05, 0) is 67.2 Å². The molecule has 1 atom stereocenters. The summed E-state index contributed by atoms with van der Waals surface area (Å²) < 4.78 is 0. The van der Waals surface area contributed by atoms with Gasteiger partial charge >= 0.3 is 0 Å². The fourth-order valence-electron chi connectivity index (χ4n) is 3.37. The first-order chi connectivity index (χ1) is 12.1. The van der Waals surface area contributed by atoms with Crippen molar-refractivity contribution in [2.24, 2.45) is 11.3 Å². The number of allylic oxidation sites excluding steroid dienone is 2. The lowest BCUT2D eigenvalue weighted by Gasteiger charge is -2.19. The van der Waals surface area contributed by atoms with Crippen molar-refractivity contribution in [2.75, 3.05) is 0 Å². The zero-order valence-corrected chi connectivity index (χ0v) is 18.2. The zero-order valence-electron chi connectivity index (χ0n) is 18.2. The first kappa shape index (κ1) is 25.6. The summed E-state index contributed by atoms with van der Waals surface area (Å²) in [6.07, 6.45) is 9.59. The SMILES string of the molecule is C.CCCCCC(C)/C(=C/C(=O)CC(C)(C)C)CCc1ccc(C)c(C)c1. The summed E-state index contributed by atoms with van der Waals surface area (Å²) in [4.78, 5) is 12.5. The number of carbonyl (C=O) groups is 1. The van der Waals surface area contributed by atoms with Crippen LogP contribution in [-0.2, 0) is 11.2 Å². The van der Waals surface area contributed by atoms with Gasteiger partial charge < -0.3 is 0 Å². The van der Waals surface area contributed by atoms with Crippen LogP contribution in [0.1, 0.15) is 97.3 Å². The Morgan fingerprint density at radius 3 is 2.33 bits per heavy atom. The minimum Gasteiger partial charge on any atom is -0.295 e. The van der Waals surface area contributed by atoms with Crippen LogP contribution in [0.4, 0.5) is 0 Å². The van der Waals surface area contributed by atoms with Crippen molar-refractivity contribution >= 4 is 5.78 Å². The fourth-order valence-corrected chi connectivity index (χ4v) is 3.37. The average molecular weight is 373 g/mol. The van der Waals surface area contributed by atoms with E-state index in [2.05, 4.69) is 66.7 Å². The molecule has 0 spiro atoms. The number of benzene rings is 1. The molecule has 0 saturated heterocycles. The number of rotatable bonds is 10. The van der Waals surface area contributed by atoms with E-state index in [1.54, 1.807) is 0 Å². The Hall–Kier alpha value is -1.37. The van der Waals surface area contributed by atoms with Crippen molar-refractivity contribution < 1.29 is 4.79 Å². The number of hydrogen-bond acceptors (Lipinski definition) is 1. The van der Waals surface area contributed by atoms with Crippen LogP contribution in [0.2, 0.25) is 0 Å². The van der Waals surface area contributed by atoms with Gasteiger partial charge in [-0.15, -0.1) is 0 Å². The van der Waals surface area contributed by atoms with E-state index in [9.17, 15) is 4.79 Å². The molecule has 154 valence electrons. The molecule has 0 aliphatic rings. The minimum absolute atomic E-state index is 0. The van der Waals surface area contributed by atoms with Gasteiger partial charge in [0.15, 0.2) is 5.78 Å². The zero-order chi connectivity index (χ0) is 19.7. The maximum absolute atomic E-state index is 12.5. The van der Waals surface area contributed by atoms with Crippen LogP contribution in [0, 0.1) is 25.2 Å². The van der Waals surface area contributed by atoms with Gasteiger partial charge in [-0.25, -0.2) is 0 Å². The Morgan fingerprint density at radius 2 is 1.78 bits per heavy atom. The Bertz CT molecular complexity index is 601. The molecule has 1 heteroatoms. The molecule has 0 aliphatic heterocycles. The number of ketones is 1. The summed E-state index contributed by atoms with van der Waals surface area (Å²) in [6, 6.07) is 6.74. The van der Waals surface area contributed by atoms with Gasteiger partial charge in [0.25, 0.3) is 0 Å². The molecule has 1 unspecified atom stereocenters. The minimum atomic E-state index is 0. The van der Waals surface area contributed by atoms with Crippen molar-refractivity contribution in [2.45, 2.75) is 101 Å². The summed E-state index contributed by atoms with van der Waals surface area (Å²) in [7, 11) is 0. The summed E-state index contributed by atoms with van der Waals surface area (Å²) in [5, 5.41) is 0. The van der Waals surface area contributed by atoms with Gasteiger partial charge in [0, 0.05) is 6.42 Å². The number of unbranched alkanes of at least 4 members (excludes halogenated alkanes) is 2. The lowest BCUT2D eigenvalue weighted by atomic mass is 9.86. The fraction of sp³-hybridized carbons (Fsp3) is 0.654. The van der Waals surface area contributed by atoms with Crippen LogP contribution >= 0.6 is 0 Å². The molecule has 0 bridgehead atoms. The highest BCUT2D eigenvalue weighted by atomic mass is 16.1. The van der Waals surface area contributed by atoms with Crippen molar-refractivity contribution in [1.82, 2.24) is 0 Å². The maximum Gasteiger partial charge on any atom is 0.156 e. The van der Waals surface area contributed by atoms with Gasteiger partial charge in [0.2, 0.25) is 0 Å². The first-order valence-electron chi connectivity index (χ1n) is 10.4. The molecule has 0 aliphatic carbocycles. The highest BCUT2D eigenvalue weighted by molar-refractivity contribution is 5.90. The quantitative estimate of drug-likeness (QED) is 0.300. The second kappa shape index (κ2) is 12.2. The highest BCUT2D eigenvalue weighted by Crippen LogP contribution is 2.26. The van der Waals surface area contributed by atoms with Crippen LogP contribution in [0.25, 0.3) is 0 Å². The Labute approximate surface area is 169 Å². The molecule has 0 N–H and O–H groups in total. The standard InChI is InChI=1S/C25H40O.CH4/c1-8-9-10-11-20(3)23(17-24(26)18-25(5,6)7)15-14-22-13-12-19(2)21(4)16-22;/h12-13,16-17,20H,8-11,14-15,18H2,1-7H3;1H4/b23-17+;. The topological polar surface area (TPSA) is 17.1 Å². The number of carbonyl (C=O) groups excluding carboxylic acids is 1. The van der Waals surface area contributed by atoms with Crippen LogP contribution in [0.5, 0.6) is 0 Å². The predicted octanol–water partition coefficient (Wildman–Crippen LogP) is 8.02. The van der Waals surface area contributed by atoms with E-state index in [1.165, 1.54) is 47.9 Å². The second-order valence-electron chi connectivity index (χ2n) is 9.24. The van der Waals surface area contributed by atoms with Crippen LogP contribution in [-0.4, -0.2) is 5.78 Å². The molecule has 0 fully saturated rings. The largest absolute Gasteiger partial charge is 0.295 e. The van der Waals surface area contributed by atoms with Crippen molar-refractivity contribution in [3.63, 3.8) is 0 Å². The average Bonchev–Trinajstić information content (AvgIpc) is 2.53. The molecule has 0 heterocycles. The molecule has 27 heavy (non-hydrogen) atoms. The second-order valence-corrected chi connectivity index (χ2v) is 9.24. The Balaban J connectivity index is 0.00000676. The van der Waals surface area contributed by atoms with Gasteiger partial charge in [0.05, 0.1) is 0 Å². The highest BCUT2D eigenvalue weighted by Gasteiger charge is 2.17. The molecular formula is C26H44O. The van der Waals surface area contributed by atoms with Gasteiger partial charge in [0.1, 0.15) is 0 Å². The van der Waals surface area contributed by atoms with E-state index in [0.717, 1.165) is 12.8 Å². The summed E-state index contributed by atoms with van der Waals surface area (Å²) in [6.45, 7) is 15.3. The molecule has 0 radical (unpaired) electrons. The van der Waals surface area contributed by atoms with Crippen LogP contribution in [0.15, 0.2) is 29.8 Å². The van der Waals surface area contributed by atoms with E-state index < -0.39 is 0 Å². The monoisotopic (exact) mass is 372 g/mol. The lowest BCUT2D eigenvalue weighted by molar-refractivity contribution is -0.116. The smallest absolute Gasteiger partial charge is 0.156 e. The molecule has 0 saturated carbocycles. The number of aryl methyl sites for hydroxylation is 3. The molecule has 1 aromatic rings. The van der Waals surface area contributed by atoms with E-state index in [-0.39, 0.29) is 18.6 Å². The molecule has 0 amide bonds. The van der Waals surface area contributed by atoms with E-state index in [1.807, 2.05) is 6.08 Å². The molecular weight excluding hydrogens is 328 g/mol. The Morgan fingerprint density at radius 1 is 1.11 bits per heavy atom. The van der Waals surface area contributed by atoms with Crippen LogP contribution < -0.4 is 0 Å². The van der Waals surface area contributed by atoms with E-state index in [4.69, 9.17) is 0 Å². The number of hydrogen-bond donors (Lipinski definition) is 0. The van der Waals surface area contributed by atoms with Crippen LogP contribution in [0.3, 0.4) is 0 Å². The van der Waals surface area contributed by atoms with Crippen molar-refractivity contribution in [3.05, 3.63) is 46.5 Å². The van der Waals surface area contributed by atoms with Gasteiger partial charge in [-0.2, -0.15) is 0 Å². The molecule has 1 aromatic carbocycles. The molecule has 0 aromatic heterocycles. The Kier molecular flexibility index (Phi) is 11.5. The van der Waals surface area contributed by atoms with Crippen molar-refractivity contribution in [1.29, 1.82) is 0 Å². The summed E-state index contributed by atoms with van der Waals surface area (Å²) >= 11 is 0. The third-order valence-corrected chi connectivity index (χ3v) is 5.20. The lowest BCUT2D eigenvalue weighted by Crippen LogP contribution is -2.13. The van der Waals surface area contributed by atoms with E-state index in [0.29, 0.717) is 12.3 Å². The van der Waals surface area contributed by atoms with E-state index >= 15 is 0 Å². The van der Waals surface area contributed by atoms with Gasteiger partial charge in [-0.1, -0.05) is 85.1 Å². The molecule has 1 nitrogen and oxygen atoms in total. The third-order valence-electron chi connectivity index (χ3n) is 5.20. The third kappa shape index (κ3) is 10.5. The first-order valence-corrected chi connectivity index (χ1v) is 10.4. The molecule has 1 rings (SSSR count). The normalized spacial score (nSPS) is 13.2. The predicted molar refractivity (Wildman–Crippen MR) is 121 cm³/mol. The summed E-state index contributed by atoms with van der Waals surface area (Å²) in [5.74, 6) is 0.784. The van der Waals surface area contributed by atoms with Gasteiger partial charge in [-0.3, -0.25) is 4.79 Å². The summed E-state index contributed by atoms with van der Waals surface area (Å²) in [5.41, 5.74) is 5.47. The van der Waals surface area contributed by atoms with Crippen molar-refractivity contribution in [3.8, 4) is 0 Å². The maximum atomic E-state index is 12.5.